The normalized spacial score (nSPS) is 30.6. The zero-order chi connectivity index (χ0) is 12.4. The molecular formula is C12H20N2O3. The highest BCUT2D eigenvalue weighted by Crippen LogP contribution is 2.33. The molecule has 1 amide bonds. The molecule has 1 atom stereocenters. The van der Waals surface area contributed by atoms with E-state index in [0.717, 1.165) is 38.5 Å². The smallest absolute Gasteiger partial charge is 0.326 e. The van der Waals surface area contributed by atoms with Gasteiger partial charge in [-0.3, -0.25) is 4.79 Å². The fourth-order valence-electron chi connectivity index (χ4n) is 2.46. The monoisotopic (exact) mass is 240 g/mol. The number of carbonyl (C=O) groups excluding carboxylic acids is 1. The summed E-state index contributed by atoms with van der Waals surface area (Å²) in [7, 11) is 0. The molecule has 0 aromatic carbocycles. The predicted octanol–water partition coefficient (Wildman–Crippen LogP) is 0.483. The van der Waals surface area contributed by atoms with Gasteiger partial charge in [0.1, 0.15) is 6.04 Å². The van der Waals surface area contributed by atoms with Crippen LogP contribution < -0.4 is 11.1 Å². The number of amides is 1. The first kappa shape index (κ1) is 12.4. The van der Waals surface area contributed by atoms with E-state index in [-0.39, 0.29) is 23.8 Å². The van der Waals surface area contributed by atoms with Crippen LogP contribution in [0.25, 0.3) is 0 Å². The maximum Gasteiger partial charge on any atom is 0.326 e. The van der Waals surface area contributed by atoms with Crippen LogP contribution >= 0.6 is 0 Å². The van der Waals surface area contributed by atoms with Gasteiger partial charge in [-0.1, -0.05) is 0 Å². The summed E-state index contributed by atoms with van der Waals surface area (Å²) in [5.41, 5.74) is 5.78. The molecule has 2 aliphatic carbocycles. The molecule has 0 bridgehead atoms. The maximum absolute atomic E-state index is 11.9. The maximum atomic E-state index is 11.9. The summed E-state index contributed by atoms with van der Waals surface area (Å²) in [5.74, 6) is -0.915. The van der Waals surface area contributed by atoms with Crippen LogP contribution in [-0.4, -0.2) is 29.1 Å². The Bertz CT molecular complexity index is 307. The van der Waals surface area contributed by atoms with Crippen molar-refractivity contribution in [1.82, 2.24) is 5.32 Å². The Hall–Kier alpha value is -1.10. The molecule has 2 saturated carbocycles. The van der Waals surface area contributed by atoms with Crippen LogP contribution in [0.1, 0.15) is 38.5 Å². The standard InChI is InChI=1S/C12H20N2O3/c13-9-5-3-8(4-6-9)11(15)14-10(12(16)17)7-1-2-7/h7-10H,1-6,13H2,(H,14,15)(H,16,17). The Kier molecular flexibility index (Phi) is 3.66. The number of nitrogens with one attached hydrogen (secondary N) is 1. The van der Waals surface area contributed by atoms with Crippen LogP contribution in [0, 0.1) is 11.8 Å². The quantitative estimate of drug-likeness (QED) is 0.666. The van der Waals surface area contributed by atoms with Gasteiger partial charge >= 0.3 is 5.97 Å². The van der Waals surface area contributed by atoms with Crippen molar-refractivity contribution >= 4 is 11.9 Å². The van der Waals surface area contributed by atoms with Crippen molar-refractivity contribution in [3.8, 4) is 0 Å². The molecule has 0 aliphatic heterocycles. The molecule has 96 valence electrons. The average molecular weight is 240 g/mol. The van der Waals surface area contributed by atoms with E-state index in [0.29, 0.717) is 0 Å². The first-order valence-corrected chi connectivity index (χ1v) is 6.36. The molecule has 17 heavy (non-hydrogen) atoms. The number of nitrogens with two attached hydrogens (primary N) is 1. The molecule has 5 heteroatoms. The van der Waals surface area contributed by atoms with Gasteiger partial charge in [-0.2, -0.15) is 0 Å². The minimum absolute atomic E-state index is 0.0459. The zero-order valence-electron chi connectivity index (χ0n) is 9.89. The number of carbonyl (C=O) groups is 2. The zero-order valence-corrected chi connectivity index (χ0v) is 9.89. The predicted molar refractivity (Wildman–Crippen MR) is 62.2 cm³/mol. The number of carboxylic acids is 1. The number of aliphatic carboxylic acids is 1. The van der Waals surface area contributed by atoms with E-state index in [1.807, 2.05) is 0 Å². The van der Waals surface area contributed by atoms with E-state index in [9.17, 15) is 9.59 Å². The molecule has 2 aliphatic rings. The van der Waals surface area contributed by atoms with Gasteiger partial charge in [-0.05, 0) is 44.4 Å². The second kappa shape index (κ2) is 5.04. The number of carboxylic acid groups (broad SMARTS) is 1. The van der Waals surface area contributed by atoms with Crippen LogP contribution in [-0.2, 0) is 9.59 Å². The molecule has 5 nitrogen and oxygen atoms in total. The molecule has 0 heterocycles. The van der Waals surface area contributed by atoms with Gasteiger partial charge in [0.25, 0.3) is 0 Å². The molecule has 0 saturated heterocycles. The van der Waals surface area contributed by atoms with Gasteiger partial charge in [0, 0.05) is 12.0 Å². The minimum atomic E-state index is -0.909. The molecule has 2 rings (SSSR count). The topological polar surface area (TPSA) is 92.4 Å². The second-order valence-electron chi connectivity index (χ2n) is 5.27. The summed E-state index contributed by atoms with van der Waals surface area (Å²) >= 11 is 0. The fourth-order valence-corrected chi connectivity index (χ4v) is 2.46. The highest BCUT2D eigenvalue weighted by Gasteiger charge is 2.38. The third kappa shape index (κ3) is 3.19. The second-order valence-corrected chi connectivity index (χ2v) is 5.27. The lowest BCUT2D eigenvalue weighted by atomic mass is 9.85. The Morgan fingerprint density at radius 2 is 1.71 bits per heavy atom. The van der Waals surface area contributed by atoms with Crippen molar-refractivity contribution in [2.45, 2.75) is 50.6 Å². The van der Waals surface area contributed by atoms with Gasteiger partial charge in [-0.25, -0.2) is 4.79 Å². The average Bonchev–Trinajstić information content (AvgIpc) is 3.10. The highest BCUT2D eigenvalue weighted by molar-refractivity contribution is 5.85. The Morgan fingerprint density at radius 1 is 1.12 bits per heavy atom. The fraction of sp³-hybridized carbons (Fsp3) is 0.833. The molecule has 1 unspecified atom stereocenters. The lowest BCUT2D eigenvalue weighted by Crippen LogP contribution is -2.46. The third-order valence-corrected chi connectivity index (χ3v) is 3.80. The highest BCUT2D eigenvalue weighted by atomic mass is 16.4. The summed E-state index contributed by atoms with van der Waals surface area (Å²) in [5, 5.41) is 11.7. The van der Waals surface area contributed by atoms with Crippen molar-refractivity contribution in [2.24, 2.45) is 17.6 Å². The Morgan fingerprint density at radius 3 is 2.18 bits per heavy atom. The van der Waals surface area contributed by atoms with Crippen LogP contribution in [0.15, 0.2) is 0 Å². The SMILES string of the molecule is NC1CCC(C(=O)NC(C(=O)O)C2CC2)CC1. The van der Waals surface area contributed by atoms with E-state index in [4.69, 9.17) is 10.8 Å². The Labute approximate surface area is 101 Å². The molecule has 4 N–H and O–H groups in total. The van der Waals surface area contributed by atoms with E-state index in [1.165, 1.54) is 0 Å². The summed E-state index contributed by atoms with van der Waals surface area (Å²) in [6.07, 6.45) is 5.10. The Balaban J connectivity index is 1.85. The molecular weight excluding hydrogens is 220 g/mol. The van der Waals surface area contributed by atoms with Gasteiger partial charge in [0.15, 0.2) is 0 Å². The third-order valence-electron chi connectivity index (χ3n) is 3.80. The van der Waals surface area contributed by atoms with Crippen molar-refractivity contribution in [3.63, 3.8) is 0 Å². The van der Waals surface area contributed by atoms with Gasteiger partial charge in [0.2, 0.25) is 5.91 Å². The molecule has 0 aromatic rings. The van der Waals surface area contributed by atoms with Crippen molar-refractivity contribution in [1.29, 1.82) is 0 Å². The van der Waals surface area contributed by atoms with Crippen molar-refractivity contribution < 1.29 is 14.7 Å². The number of rotatable bonds is 4. The van der Waals surface area contributed by atoms with Crippen LogP contribution in [0.4, 0.5) is 0 Å². The lowest BCUT2D eigenvalue weighted by molar-refractivity contribution is -0.143. The van der Waals surface area contributed by atoms with Gasteiger partial charge in [-0.15, -0.1) is 0 Å². The van der Waals surface area contributed by atoms with E-state index >= 15 is 0 Å². The first-order chi connectivity index (χ1) is 8.08. The molecule has 0 spiro atoms. The summed E-state index contributed by atoms with van der Waals surface area (Å²) < 4.78 is 0. The lowest BCUT2D eigenvalue weighted by Gasteiger charge is -2.26. The first-order valence-electron chi connectivity index (χ1n) is 6.36. The summed E-state index contributed by atoms with van der Waals surface area (Å²) in [6, 6.07) is -0.476. The van der Waals surface area contributed by atoms with Crippen molar-refractivity contribution in [2.75, 3.05) is 0 Å². The molecule has 2 fully saturated rings. The largest absolute Gasteiger partial charge is 0.480 e. The van der Waals surface area contributed by atoms with Crippen LogP contribution in [0.2, 0.25) is 0 Å². The van der Waals surface area contributed by atoms with Crippen molar-refractivity contribution in [3.05, 3.63) is 0 Å². The molecule has 0 radical (unpaired) electrons. The molecule has 0 aromatic heterocycles. The van der Waals surface area contributed by atoms with E-state index in [1.54, 1.807) is 0 Å². The van der Waals surface area contributed by atoms with E-state index < -0.39 is 12.0 Å². The van der Waals surface area contributed by atoms with E-state index in [2.05, 4.69) is 5.32 Å². The van der Waals surface area contributed by atoms with Crippen LogP contribution in [0.5, 0.6) is 0 Å². The number of hydrogen-bond donors (Lipinski definition) is 3. The van der Waals surface area contributed by atoms with Gasteiger partial charge in [0.05, 0.1) is 0 Å². The minimum Gasteiger partial charge on any atom is -0.480 e. The number of hydrogen-bond acceptors (Lipinski definition) is 3. The van der Waals surface area contributed by atoms with Gasteiger partial charge < -0.3 is 16.2 Å². The summed E-state index contributed by atoms with van der Waals surface area (Å²) in [6.45, 7) is 0. The summed E-state index contributed by atoms with van der Waals surface area (Å²) in [4.78, 5) is 23.0. The van der Waals surface area contributed by atoms with Crippen LogP contribution in [0.3, 0.4) is 0 Å².